The lowest BCUT2D eigenvalue weighted by Gasteiger charge is -2.25. The van der Waals surface area contributed by atoms with E-state index in [-0.39, 0.29) is 24.7 Å². The van der Waals surface area contributed by atoms with Crippen molar-refractivity contribution in [3.63, 3.8) is 0 Å². The average molecular weight is 260 g/mol. The first kappa shape index (κ1) is 12.5. The summed E-state index contributed by atoms with van der Waals surface area (Å²) in [4.78, 5) is 14.1. The molecule has 3 rings (SSSR count). The van der Waals surface area contributed by atoms with Gasteiger partial charge in [-0.2, -0.15) is 0 Å². The molecule has 2 unspecified atom stereocenters. The number of nitrogens with zero attached hydrogens (tertiary/aromatic N) is 1. The fourth-order valence-electron chi connectivity index (χ4n) is 3.23. The third-order valence-electron chi connectivity index (χ3n) is 4.28. The van der Waals surface area contributed by atoms with E-state index in [0.29, 0.717) is 0 Å². The van der Waals surface area contributed by atoms with Gasteiger partial charge in [-0.25, -0.2) is 4.79 Å². The number of aliphatic hydroxyl groups excluding tert-OH is 1. The van der Waals surface area contributed by atoms with Gasteiger partial charge in [0.25, 0.3) is 0 Å². The third-order valence-corrected chi connectivity index (χ3v) is 4.28. The van der Waals surface area contributed by atoms with Gasteiger partial charge in [-0.3, -0.25) is 0 Å². The van der Waals surface area contributed by atoms with Crippen LogP contribution in [0.4, 0.5) is 4.79 Å². The molecule has 2 N–H and O–H groups in total. The quantitative estimate of drug-likeness (QED) is 0.852. The van der Waals surface area contributed by atoms with E-state index in [0.717, 1.165) is 32.2 Å². The minimum atomic E-state index is -0.0294. The number of carbonyl (C=O) groups excluding carboxylic acids is 1. The highest BCUT2D eigenvalue weighted by Crippen LogP contribution is 2.31. The Kier molecular flexibility index (Phi) is 3.42. The molecule has 4 heteroatoms. The molecule has 0 saturated carbocycles. The molecule has 1 aromatic carbocycles. The molecule has 1 aromatic rings. The number of aliphatic hydroxyl groups is 1. The number of fused-ring (bicyclic) bond motifs is 1. The first-order chi connectivity index (χ1) is 9.29. The van der Waals surface area contributed by atoms with Crippen LogP contribution in [0.25, 0.3) is 0 Å². The number of hydrogen-bond donors (Lipinski definition) is 2. The number of rotatable bonds is 2. The highest BCUT2D eigenvalue weighted by Gasteiger charge is 2.31. The topological polar surface area (TPSA) is 52.6 Å². The maximum atomic E-state index is 12.3. The van der Waals surface area contributed by atoms with Gasteiger partial charge in [0.1, 0.15) is 0 Å². The summed E-state index contributed by atoms with van der Waals surface area (Å²) in [5, 5.41) is 12.4. The first-order valence-electron chi connectivity index (χ1n) is 7.05. The molecule has 4 nitrogen and oxygen atoms in total. The molecule has 1 aliphatic heterocycles. The zero-order valence-electron chi connectivity index (χ0n) is 11.0. The fourth-order valence-corrected chi connectivity index (χ4v) is 3.23. The second-order valence-corrected chi connectivity index (χ2v) is 5.41. The summed E-state index contributed by atoms with van der Waals surface area (Å²) in [7, 11) is 0. The van der Waals surface area contributed by atoms with Crippen molar-refractivity contribution in [2.75, 3.05) is 13.2 Å². The minimum absolute atomic E-state index is 0.00310. The number of nitrogens with one attached hydrogen (secondary N) is 1. The normalized spacial score (nSPS) is 25.4. The molecule has 19 heavy (non-hydrogen) atoms. The van der Waals surface area contributed by atoms with E-state index in [2.05, 4.69) is 17.4 Å². The molecular formula is C15H20N2O2. The fraction of sp³-hybridized carbons (Fsp3) is 0.533. The van der Waals surface area contributed by atoms with Gasteiger partial charge in [0, 0.05) is 6.54 Å². The van der Waals surface area contributed by atoms with E-state index in [9.17, 15) is 9.90 Å². The number of likely N-dealkylation sites (tertiary alicyclic amines) is 1. The summed E-state index contributed by atoms with van der Waals surface area (Å²) in [6.07, 6.45) is 3.90. The van der Waals surface area contributed by atoms with Crippen molar-refractivity contribution in [2.45, 2.75) is 37.8 Å². The summed E-state index contributed by atoms with van der Waals surface area (Å²) in [6, 6.07) is 8.40. The van der Waals surface area contributed by atoms with Gasteiger partial charge in [-0.15, -0.1) is 0 Å². The predicted octanol–water partition coefficient (Wildman–Crippen LogP) is 1.84. The third kappa shape index (κ3) is 2.32. The van der Waals surface area contributed by atoms with Crippen LogP contribution in [0.3, 0.4) is 0 Å². The second kappa shape index (κ2) is 5.21. The van der Waals surface area contributed by atoms with Crippen LogP contribution < -0.4 is 5.32 Å². The molecule has 0 radical (unpaired) electrons. The highest BCUT2D eigenvalue weighted by molar-refractivity contribution is 5.75. The summed E-state index contributed by atoms with van der Waals surface area (Å²) in [5.74, 6) is 0. The smallest absolute Gasteiger partial charge is 0.318 e. The average Bonchev–Trinajstić information content (AvgIpc) is 3.05. The van der Waals surface area contributed by atoms with Crippen LogP contribution in [0.1, 0.15) is 36.4 Å². The van der Waals surface area contributed by atoms with Gasteiger partial charge in [0.05, 0.1) is 18.7 Å². The number of benzene rings is 1. The molecule has 1 fully saturated rings. The van der Waals surface area contributed by atoms with Gasteiger partial charge in [-0.1, -0.05) is 24.3 Å². The molecule has 0 bridgehead atoms. The van der Waals surface area contributed by atoms with Gasteiger partial charge in [0.15, 0.2) is 0 Å². The van der Waals surface area contributed by atoms with E-state index in [1.54, 1.807) is 4.90 Å². The molecule has 0 spiro atoms. The molecule has 0 aromatic heterocycles. The SMILES string of the molecule is O=C(NC1CCc2ccccc21)N1CCCC1CO. The van der Waals surface area contributed by atoms with Crippen molar-refractivity contribution in [3.8, 4) is 0 Å². The Morgan fingerprint density at radius 3 is 3.05 bits per heavy atom. The lowest BCUT2D eigenvalue weighted by Crippen LogP contribution is -2.45. The summed E-state index contributed by atoms with van der Waals surface area (Å²) < 4.78 is 0. The van der Waals surface area contributed by atoms with Crippen LogP contribution in [0.2, 0.25) is 0 Å². The predicted molar refractivity (Wildman–Crippen MR) is 72.8 cm³/mol. The molecule has 1 aliphatic carbocycles. The Hall–Kier alpha value is -1.55. The minimum Gasteiger partial charge on any atom is -0.394 e. The second-order valence-electron chi connectivity index (χ2n) is 5.41. The van der Waals surface area contributed by atoms with Crippen LogP contribution in [-0.4, -0.2) is 35.2 Å². The van der Waals surface area contributed by atoms with Crippen LogP contribution in [0, 0.1) is 0 Å². The van der Waals surface area contributed by atoms with E-state index in [1.165, 1.54) is 11.1 Å². The Morgan fingerprint density at radius 1 is 1.37 bits per heavy atom. The molecule has 2 aliphatic rings. The number of carbonyl (C=O) groups is 1. The van der Waals surface area contributed by atoms with Crippen LogP contribution in [-0.2, 0) is 6.42 Å². The van der Waals surface area contributed by atoms with Crippen LogP contribution in [0.15, 0.2) is 24.3 Å². The van der Waals surface area contributed by atoms with Gasteiger partial charge in [-0.05, 0) is 36.8 Å². The Labute approximate surface area is 113 Å². The lowest BCUT2D eigenvalue weighted by molar-refractivity contribution is 0.154. The monoisotopic (exact) mass is 260 g/mol. The number of urea groups is 1. The van der Waals surface area contributed by atoms with Crippen molar-refractivity contribution in [2.24, 2.45) is 0 Å². The Bertz CT molecular complexity index is 475. The molecular weight excluding hydrogens is 240 g/mol. The highest BCUT2D eigenvalue weighted by atomic mass is 16.3. The lowest BCUT2D eigenvalue weighted by atomic mass is 10.1. The van der Waals surface area contributed by atoms with Gasteiger partial charge < -0.3 is 15.3 Å². The standard InChI is InChI=1S/C15H20N2O2/c18-10-12-5-3-9-17(12)15(19)16-14-8-7-11-4-1-2-6-13(11)14/h1-2,4,6,12,14,18H,3,5,7-10H2,(H,16,19). The van der Waals surface area contributed by atoms with Crippen LogP contribution >= 0.6 is 0 Å². The van der Waals surface area contributed by atoms with E-state index >= 15 is 0 Å². The van der Waals surface area contributed by atoms with E-state index in [1.807, 2.05) is 12.1 Å². The van der Waals surface area contributed by atoms with E-state index < -0.39 is 0 Å². The summed E-state index contributed by atoms with van der Waals surface area (Å²) in [6.45, 7) is 0.820. The summed E-state index contributed by atoms with van der Waals surface area (Å²) >= 11 is 0. The molecule has 102 valence electrons. The van der Waals surface area contributed by atoms with Crippen molar-refractivity contribution in [1.82, 2.24) is 10.2 Å². The van der Waals surface area contributed by atoms with Crippen LogP contribution in [0.5, 0.6) is 0 Å². The maximum absolute atomic E-state index is 12.3. The largest absolute Gasteiger partial charge is 0.394 e. The van der Waals surface area contributed by atoms with Gasteiger partial charge in [0.2, 0.25) is 0 Å². The van der Waals surface area contributed by atoms with Gasteiger partial charge >= 0.3 is 6.03 Å². The van der Waals surface area contributed by atoms with Crippen molar-refractivity contribution in [1.29, 1.82) is 0 Å². The number of aryl methyl sites for hydroxylation is 1. The Balaban J connectivity index is 1.68. The van der Waals surface area contributed by atoms with Crippen molar-refractivity contribution >= 4 is 6.03 Å². The molecule has 2 atom stereocenters. The molecule has 1 heterocycles. The first-order valence-corrected chi connectivity index (χ1v) is 7.05. The Morgan fingerprint density at radius 2 is 2.21 bits per heavy atom. The molecule has 1 saturated heterocycles. The maximum Gasteiger partial charge on any atom is 0.318 e. The molecule has 2 amide bonds. The van der Waals surface area contributed by atoms with E-state index in [4.69, 9.17) is 0 Å². The number of amides is 2. The summed E-state index contributed by atoms with van der Waals surface area (Å²) in [5.41, 5.74) is 2.59. The zero-order valence-corrected chi connectivity index (χ0v) is 11.0. The van der Waals surface area contributed by atoms with Crippen molar-refractivity contribution < 1.29 is 9.90 Å². The van der Waals surface area contributed by atoms with Crippen molar-refractivity contribution in [3.05, 3.63) is 35.4 Å². The zero-order chi connectivity index (χ0) is 13.2. The number of hydrogen-bond acceptors (Lipinski definition) is 2.